The highest BCUT2D eigenvalue weighted by molar-refractivity contribution is 7.18. The molecule has 0 N–H and O–H groups in total. The number of carbonyl (C=O) groups excluding carboxylic acids is 1. The van der Waals surface area contributed by atoms with Gasteiger partial charge in [0.25, 0.3) is 0 Å². The van der Waals surface area contributed by atoms with Gasteiger partial charge in [0.05, 0.1) is 21.9 Å². The number of hydrogen-bond acceptors (Lipinski definition) is 4. The minimum absolute atomic E-state index is 0.133. The van der Waals surface area contributed by atoms with E-state index in [1.807, 2.05) is 6.92 Å². The SMILES string of the molecule is CCC(C)N(CCOC)C(C)C(=O)c1ccc(Cl)s1. The highest BCUT2D eigenvalue weighted by Gasteiger charge is 2.26. The van der Waals surface area contributed by atoms with Crippen molar-refractivity contribution >= 4 is 28.7 Å². The Bertz CT molecular complexity index is 408. The van der Waals surface area contributed by atoms with Crippen molar-refractivity contribution in [1.29, 1.82) is 0 Å². The van der Waals surface area contributed by atoms with E-state index in [0.29, 0.717) is 17.0 Å². The molecule has 0 saturated heterocycles. The number of halogens is 1. The first-order valence-electron chi connectivity index (χ1n) is 6.55. The zero-order valence-electron chi connectivity index (χ0n) is 12.0. The Labute approximate surface area is 124 Å². The quantitative estimate of drug-likeness (QED) is 0.686. The molecule has 1 rings (SSSR count). The lowest BCUT2D eigenvalue weighted by Crippen LogP contribution is -2.45. The second kappa shape index (κ2) is 8.00. The lowest BCUT2D eigenvalue weighted by Gasteiger charge is -2.32. The van der Waals surface area contributed by atoms with E-state index < -0.39 is 0 Å². The molecule has 0 fully saturated rings. The highest BCUT2D eigenvalue weighted by atomic mass is 35.5. The Morgan fingerprint density at radius 1 is 1.47 bits per heavy atom. The number of Topliss-reactive ketones (excluding diaryl/α,β-unsaturated/α-hetero) is 1. The minimum Gasteiger partial charge on any atom is -0.383 e. The Morgan fingerprint density at radius 2 is 2.16 bits per heavy atom. The number of thiophene rings is 1. The van der Waals surface area contributed by atoms with Gasteiger partial charge in [0.2, 0.25) is 0 Å². The van der Waals surface area contributed by atoms with Gasteiger partial charge in [-0.05, 0) is 32.4 Å². The van der Waals surface area contributed by atoms with E-state index >= 15 is 0 Å². The van der Waals surface area contributed by atoms with Gasteiger partial charge in [-0.25, -0.2) is 0 Å². The van der Waals surface area contributed by atoms with Crippen LogP contribution in [0, 0.1) is 0 Å². The average molecular weight is 304 g/mol. The maximum atomic E-state index is 12.5. The van der Waals surface area contributed by atoms with Crippen molar-refractivity contribution in [2.24, 2.45) is 0 Å². The van der Waals surface area contributed by atoms with Crippen molar-refractivity contribution in [3.63, 3.8) is 0 Å². The first-order chi connectivity index (χ1) is 9.01. The second-order valence-corrected chi connectivity index (χ2v) is 6.35. The maximum Gasteiger partial charge on any atom is 0.189 e. The van der Waals surface area contributed by atoms with Crippen LogP contribution in [0.4, 0.5) is 0 Å². The van der Waals surface area contributed by atoms with Crippen LogP contribution in [-0.4, -0.2) is 43.0 Å². The van der Waals surface area contributed by atoms with Crippen LogP contribution in [0.2, 0.25) is 4.34 Å². The van der Waals surface area contributed by atoms with E-state index in [-0.39, 0.29) is 11.8 Å². The van der Waals surface area contributed by atoms with Gasteiger partial charge in [0.15, 0.2) is 5.78 Å². The van der Waals surface area contributed by atoms with Gasteiger partial charge < -0.3 is 4.74 Å². The van der Waals surface area contributed by atoms with Crippen LogP contribution in [0.3, 0.4) is 0 Å². The van der Waals surface area contributed by atoms with Crippen molar-refractivity contribution in [2.75, 3.05) is 20.3 Å². The lowest BCUT2D eigenvalue weighted by atomic mass is 10.1. The Balaban J connectivity index is 2.79. The third-order valence-corrected chi connectivity index (χ3v) is 4.65. The van der Waals surface area contributed by atoms with Gasteiger partial charge in [-0.2, -0.15) is 0 Å². The molecule has 0 aromatic carbocycles. The Morgan fingerprint density at radius 3 is 2.63 bits per heavy atom. The summed E-state index contributed by atoms with van der Waals surface area (Å²) in [5.41, 5.74) is 0. The molecule has 0 saturated carbocycles. The summed E-state index contributed by atoms with van der Waals surface area (Å²) in [5, 5.41) is 0. The smallest absolute Gasteiger partial charge is 0.189 e. The van der Waals surface area contributed by atoms with Crippen molar-refractivity contribution in [2.45, 2.75) is 39.3 Å². The molecule has 1 aromatic heterocycles. The number of nitrogens with zero attached hydrogens (tertiary/aromatic N) is 1. The summed E-state index contributed by atoms with van der Waals surface area (Å²) in [6, 6.07) is 3.77. The number of methoxy groups -OCH3 is 1. The number of ether oxygens (including phenoxy) is 1. The monoisotopic (exact) mass is 303 g/mol. The highest BCUT2D eigenvalue weighted by Crippen LogP contribution is 2.24. The molecule has 108 valence electrons. The van der Waals surface area contributed by atoms with E-state index in [1.165, 1.54) is 11.3 Å². The summed E-state index contributed by atoms with van der Waals surface area (Å²) in [4.78, 5) is 15.4. The summed E-state index contributed by atoms with van der Waals surface area (Å²) in [6.45, 7) is 7.62. The molecule has 0 bridgehead atoms. The molecule has 3 nitrogen and oxygen atoms in total. The third-order valence-electron chi connectivity index (χ3n) is 3.40. The van der Waals surface area contributed by atoms with E-state index in [1.54, 1.807) is 19.2 Å². The molecular weight excluding hydrogens is 282 g/mol. The normalized spacial score (nSPS) is 14.6. The largest absolute Gasteiger partial charge is 0.383 e. The van der Waals surface area contributed by atoms with Crippen molar-refractivity contribution in [3.05, 3.63) is 21.3 Å². The zero-order valence-corrected chi connectivity index (χ0v) is 13.6. The Hall–Kier alpha value is -0.420. The van der Waals surface area contributed by atoms with Crippen molar-refractivity contribution in [3.8, 4) is 0 Å². The fourth-order valence-electron chi connectivity index (χ4n) is 2.03. The number of rotatable bonds is 8. The molecule has 0 spiro atoms. The molecule has 1 aromatic rings. The molecule has 1 heterocycles. The maximum absolute atomic E-state index is 12.5. The molecule has 0 aliphatic rings. The van der Waals surface area contributed by atoms with Crippen LogP contribution in [0.25, 0.3) is 0 Å². The summed E-state index contributed by atoms with van der Waals surface area (Å²) in [6.07, 6.45) is 1.01. The van der Waals surface area contributed by atoms with Crippen LogP contribution in [0.5, 0.6) is 0 Å². The first-order valence-corrected chi connectivity index (χ1v) is 7.74. The molecule has 5 heteroatoms. The second-order valence-electron chi connectivity index (χ2n) is 4.63. The summed E-state index contributed by atoms with van der Waals surface area (Å²) in [7, 11) is 1.68. The van der Waals surface area contributed by atoms with E-state index in [0.717, 1.165) is 17.8 Å². The summed E-state index contributed by atoms with van der Waals surface area (Å²) >= 11 is 7.24. The first kappa shape index (κ1) is 16.6. The van der Waals surface area contributed by atoms with Crippen LogP contribution < -0.4 is 0 Å². The molecule has 0 amide bonds. The topological polar surface area (TPSA) is 29.5 Å². The fourth-order valence-corrected chi connectivity index (χ4v) is 3.10. The van der Waals surface area contributed by atoms with E-state index in [2.05, 4.69) is 18.7 Å². The van der Waals surface area contributed by atoms with E-state index in [4.69, 9.17) is 16.3 Å². The van der Waals surface area contributed by atoms with Crippen molar-refractivity contribution < 1.29 is 9.53 Å². The predicted octanol–water partition coefficient (Wildman–Crippen LogP) is 3.72. The zero-order chi connectivity index (χ0) is 14.4. The molecule has 0 radical (unpaired) electrons. The average Bonchev–Trinajstić information content (AvgIpc) is 2.84. The summed E-state index contributed by atoms with van der Waals surface area (Å²) < 4.78 is 5.79. The van der Waals surface area contributed by atoms with E-state index in [9.17, 15) is 4.79 Å². The van der Waals surface area contributed by atoms with Gasteiger partial charge in [-0.1, -0.05) is 18.5 Å². The van der Waals surface area contributed by atoms with Crippen molar-refractivity contribution in [1.82, 2.24) is 4.90 Å². The molecule has 2 unspecified atom stereocenters. The van der Waals surface area contributed by atoms with Crippen LogP contribution in [0.15, 0.2) is 12.1 Å². The molecule has 0 aliphatic heterocycles. The summed E-state index contributed by atoms with van der Waals surface area (Å²) in [5.74, 6) is 0.133. The molecular formula is C14H22ClNO2S. The van der Waals surface area contributed by atoms with Gasteiger partial charge >= 0.3 is 0 Å². The number of hydrogen-bond donors (Lipinski definition) is 0. The molecule has 0 aliphatic carbocycles. The van der Waals surface area contributed by atoms with Gasteiger partial charge in [-0.3, -0.25) is 9.69 Å². The van der Waals surface area contributed by atoms with Crippen LogP contribution in [0.1, 0.15) is 36.9 Å². The van der Waals surface area contributed by atoms with Crippen LogP contribution >= 0.6 is 22.9 Å². The minimum atomic E-state index is -0.153. The van der Waals surface area contributed by atoms with Crippen LogP contribution in [-0.2, 0) is 4.74 Å². The predicted molar refractivity (Wildman–Crippen MR) is 81.5 cm³/mol. The molecule has 19 heavy (non-hydrogen) atoms. The fraction of sp³-hybridized carbons (Fsp3) is 0.643. The Kier molecular flexibility index (Phi) is 7.00. The number of carbonyl (C=O) groups is 1. The standard InChI is InChI=1S/C14H22ClNO2S/c1-5-10(2)16(8-9-18-4)11(3)14(17)12-6-7-13(15)19-12/h6-7,10-11H,5,8-9H2,1-4H3. The lowest BCUT2D eigenvalue weighted by molar-refractivity contribution is 0.0672. The third kappa shape index (κ3) is 4.56. The number of ketones is 1. The van der Waals surface area contributed by atoms with Gasteiger partial charge in [0, 0.05) is 19.7 Å². The van der Waals surface area contributed by atoms with Gasteiger partial charge in [-0.15, -0.1) is 11.3 Å². The van der Waals surface area contributed by atoms with Gasteiger partial charge in [0.1, 0.15) is 0 Å². The molecule has 2 atom stereocenters.